The molecule has 13 heavy (non-hydrogen) atoms. The van der Waals surface area contributed by atoms with Crippen LogP contribution in [0.4, 0.5) is 11.4 Å². The van der Waals surface area contributed by atoms with Gasteiger partial charge in [0.2, 0.25) is 0 Å². The third-order valence-corrected chi connectivity index (χ3v) is 1.93. The Hall–Kier alpha value is -1.44. The third-order valence-electron chi connectivity index (χ3n) is 1.93. The molecule has 0 saturated carbocycles. The van der Waals surface area contributed by atoms with E-state index in [4.69, 9.17) is 5.73 Å². The zero-order valence-electron chi connectivity index (χ0n) is 8.01. The van der Waals surface area contributed by atoms with Gasteiger partial charge >= 0.3 is 0 Å². The Labute approximate surface area is 79.5 Å². The predicted octanol–water partition coefficient (Wildman–Crippen LogP) is 2.57. The van der Waals surface area contributed by atoms with Crippen LogP contribution in [0, 0.1) is 6.92 Å². The van der Waals surface area contributed by atoms with Gasteiger partial charge in [-0.1, -0.05) is 12.1 Å². The SMILES string of the molecule is C=CCCNc1cc(N)ccc1C. The highest BCUT2D eigenvalue weighted by atomic mass is 14.9. The van der Waals surface area contributed by atoms with Crippen molar-refractivity contribution in [2.75, 3.05) is 17.6 Å². The van der Waals surface area contributed by atoms with Crippen LogP contribution in [-0.2, 0) is 0 Å². The molecule has 0 unspecified atom stereocenters. The summed E-state index contributed by atoms with van der Waals surface area (Å²) in [7, 11) is 0. The summed E-state index contributed by atoms with van der Waals surface area (Å²) in [5.41, 5.74) is 8.80. The van der Waals surface area contributed by atoms with E-state index in [1.54, 1.807) is 0 Å². The second kappa shape index (κ2) is 4.55. The lowest BCUT2D eigenvalue weighted by molar-refractivity contribution is 1.07. The Kier molecular flexibility index (Phi) is 3.38. The Morgan fingerprint density at radius 1 is 1.54 bits per heavy atom. The molecule has 1 rings (SSSR count). The summed E-state index contributed by atoms with van der Waals surface area (Å²) in [6.45, 7) is 6.64. The number of rotatable bonds is 4. The first-order chi connectivity index (χ1) is 6.24. The first-order valence-electron chi connectivity index (χ1n) is 4.45. The molecule has 0 radical (unpaired) electrons. The molecule has 0 aliphatic carbocycles. The van der Waals surface area contributed by atoms with Crippen LogP contribution in [0.3, 0.4) is 0 Å². The van der Waals surface area contributed by atoms with E-state index < -0.39 is 0 Å². The van der Waals surface area contributed by atoms with Crippen LogP contribution >= 0.6 is 0 Å². The number of anilines is 2. The fourth-order valence-electron chi connectivity index (χ4n) is 1.14. The average Bonchev–Trinajstić information content (AvgIpc) is 2.11. The second-order valence-electron chi connectivity index (χ2n) is 3.08. The molecule has 0 fully saturated rings. The molecule has 0 spiro atoms. The third kappa shape index (κ3) is 2.82. The zero-order chi connectivity index (χ0) is 9.68. The van der Waals surface area contributed by atoms with Crippen molar-refractivity contribution in [3.05, 3.63) is 36.4 Å². The van der Waals surface area contributed by atoms with Crippen molar-refractivity contribution in [2.24, 2.45) is 0 Å². The summed E-state index contributed by atoms with van der Waals surface area (Å²) in [5, 5.41) is 3.30. The number of hydrogen-bond acceptors (Lipinski definition) is 2. The fraction of sp³-hybridized carbons (Fsp3) is 0.273. The number of benzene rings is 1. The van der Waals surface area contributed by atoms with E-state index in [1.807, 2.05) is 24.3 Å². The van der Waals surface area contributed by atoms with Gasteiger partial charge in [-0.2, -0.15) is 0 Å². The molecule has 0 amide bonds. The standard InChI is InChI=1S/C11H16N2/c1-3-4-7-13-11-8-10(12)6-5-9(11)2/h3,5-6,8,13H,1,4,7,12H2,2H3. The molecule has 2 nitrogen and oxygen atoms in total. The maximum absolute atomic E-state index is 5.67. The van der Waals surface area contributed by atoms with E-state index in [0.717, 1.165) is 24.3 Å². The van der Waals surface area contributed by atoms with E-state index in [0.29, 0.717) is 0 Å². The normalized spacial score (nSPS) is 9.62. The Bertz CT molecular complexity index is 292. The van der Waals surface area contributed by atoms with Crippen LogP contribution in [0.15, 0.2) is 30.9 Å². The van der Waals surface area contributed by atoms with E-state index in [2.05, 4.69) is 18.8 Å². The lowest BCUT2D eigenvalue weighted by atomic mass is 10.2. The van der Waals surface area contributed by atoms with Crippen molar-refractivity contribution >= 4 is 11.4 Å². The van der Waals surface area contributed by atoms with Gasteiger partial charge in [0.25, 0.3) is 0 Å². The van der Waals surface area contributed by atoms with Crippen LogP contribution in [0.5, 0.6) is 0 Å². The van der Waals surface area contributed by atoms with Gasteiger partial charge in [-0.15, -0.1) is 6.58 Å². The molecular weight excluding hydrogens is 160 g/mol. The molecule has 70 valence electrons. The second-order valence-corrected chi connectivity index (χ2v) is 3.08. The summed E-state index contributed by atoms with van der Waals surface area (Å²) < 4.78 is 0. The van der Waals surface area contributed by atoms with Gasteiger partial charge in [-0.25, -0.2) is 0 Å². The summed E-state index contributed by atoms with van der Waals surface area (Å²) in [6.07, 6.45) is 2.86. The molecule has 0 bridgehead atoms. The Morgan fingerprint density at radius 2 is 2.31 bits per heavy atom. The fourth-order valence-corrected chi connectivity index (χ4v) is 1.14. The smallest absolute Gasteiger partial charge is 0.0390 e. The van der Waals surface area contributed by atoms with Crippen molar-refractivity contribution < 1.29 is 0 Å². The van der Waals surface area contributed by atoms with Gasteiger partial charge in [-0.3, -0.25) is 0 Å². The minimum Gasteiger partial charge on any atom is -0.399 e. The van der Waals surface area contributed by atoms with Gasteiger partial charge in [0.1, 0.15) is 0 Å². The minimum atomic E-state index is 0.798. The monoisotopic (exact) mass is 176 g/mol. The summed E-state index contributed by atoms with van der Waals surface area (Å²) in [6, 6.07) is 5.89. The van der Waals surface area contributed by atoms with E-state index in [9.17, 15) is 0 Å². The largest absolute Gasteiger partial charge is 0.399 e. The highest BCUT2D eigenvalue weighted by Crippen LogP contribution is 2.17. The lowest BCUT2D eigenvalue weighted by Gasteiger charge is -2.08. The van der Waals surface area contributed by atoms with Gasteiger partial charge in [0, 0.05) is 17.9 Å². The van der Waals surface area contributed by atoms with E-state index >= 15 is 0 Å². The van der Waals surface area contributed by atoms with Crippen molar-refractivity contribution in [2.45, 2.75) is 13.3 Å². The highest BCUT2D eigenvalue weighted by molar-refractivity contribution is 5.59. The molecule has 0 aliphatic heterocycles. The minimum absolute atomic E-state index is 0.798. The van der Waals surface area contributed by atoms with Crippen LogP contribution in [0.1, 0.15) is 12.0 Å². The Morgan fingerprint density at radius 3 is 3.00 bits per heavy atom. The molecule has 1 aromatic carbocycles. The Balaban J connectivity index is 2.64. The molecule has 0 atom stereocenters. The summed E-state index contributed by atoms with van der Waals surface area (Å²) >= 11 is 0. The molecule has 0 heterocycles. The molecule has 0 aromatic heterocycles. The molecule has 0 aliphatic rings. The van der Waals surface area contributed by atoms with Crippen LogP contribution in [-0.4, -0.2) is 6.54 Å². The van der Waals surface area contributed by atoms with Crippen molar-refractivity contribution in [1.82, 2.24) is 0 Å². The highest BCUT2D eigenvalue weighted by Gasteiger charge is 1.96. The van der Waals surface area contributed by atoms with Crippen molar-refractivity contribution in [3.8, 4) is 0 Å². The van der Waals surface area contributed by atoms with Crippen molar-refractivity contribution in [3.63, 3.8) is 0 Å². The zero-order valence-corrected chi connectivity index (χ0v) is 8.01. The predicted molar refractivity (Wildman–Crippen MR) is 58.9 cm³/mol. The molecular formula is C11H16N2. The number of hydrogen-bond donors (Lipinski definition) is 2. The van der Waals surface area contributed by atoms with Crippen LogP contribution < -0.4 is 11.1 Å². The molecule has 2 heteroatoms. The van der Waals surface area contributed by atoms with Gasteiger partial charge < -0.3 is 11.1 Å². The first-order valence-corrected chi connectivity index (χ1v) is 4.45. The van der Waals surface area contributed by atoms with Gasteiger partial charge in [0.15, 0.2) is 0 Å². The average molecular weight is 176 g/mol. The van der Waals surface area contributed by atoms with Crippen molar-refractivity contribution in [1.29, 1.82) is 0 Å². The maximum atomic E-state index is 5.67. The van der Waals surface area contributed by atoms with Gasteiger partial charge in [-0.05, 0) is 31.0 Å². The molecule has 1 aromatic rings. The van der Waals surface area contributed by atoms with Gasteiger partial charge in [0.05, 0.1) is 0 Å². The summed E-state index contributed by atoms with van der Waals surface area (Å²) in [4.78, 5) is 0. The quantitative estimate of drug-likeness (QED) is 0.420. The van der Waals surface area contributed by atoms with E-state index in [-0.39, 0.29) is 0 Å². The van der Waals surface area contributed by atoms with E-state index in [1.165, 1.54) is 5.56 Å². The number of nitrogens with one attached hydrogen (secondary N) is 1. The summed E-state index contributed by atoms with van der Waals surface area (Å²) in [5.74, 6) is 0. The topological polar surface area (TPSA) is 38.0 Å². The lowest BCUT2D eigenvalue weighted by Crippen LogP contribution is -2.02. The number of aryl methyl sites for hydroxylation is 1. The number of nitrogen functional groups attached to an aromatic ring is 1. The molecule has 3 N–H and O–H groups in total. The maximum Gasteiger partial charge on any atom is 0.0390 e. The first kappa shape index (κ1) is 9.65. The van der Waals surface area contributed by atoms with Crippen LogP contribution in [0.2, 0.25) is 0 Å². The number of nitrogens with two attached hydrogens (primary N) is 1. The van der Waals surface area contributed by atoms with Crippen LogP contribution in [0.25, 0.3) is 0 Å². The molecule has 0 saturated heterocycles.